The number of rotatable bonds is 5. The van der Waals surface area contributed by atoms with E-state index >= 15 is 0 Å². The summed E-state index contributed by atoms with van der Waals surface area (Å²) in [5.41, 5.74) is 2.04. The fourth-order valence-electron chi connectivity index (χ4n) is 3.44. The molecule has 0 fully saturated rings. The maximum Gasteiger partial charge on any atom is 0.259 e. The van der Waals surface area contributed by atoms with E-state index in [1.165, 1.54) is 47.2 Å². The molecule has 9 heteroatoms. The number of hydrogen-bond acceptors (Lipinski definition) is 7. The Morgan fingerprint density at radius 1 is 1.21 bits per heavy atom. The number of nitrogens with one attached hydrogen (secondary N) is 2. The first kappa shape index (κ1) is 20.6. The van der Waals surface area contributed by atoms with Gasteiger partial charge < -0.3 is 10.3 Å². The van der Waals surface area contributed by atoms with Gasteiger partial charge in [-0.05, 0) is 52.0 Å². The van der Waals surface area contributed by atoms with Gasteiger partial charge in [0.25, 0.3) is 5.56 Å². The molecule has 154 valence electrons. The van der Waals surface area contributed by atoms with E-state index in [1.54, 1.807) is 11.3 Å². The van der Waals surface area contributed by atoms with Crippen molar-refractivity contribution in [3.8, 4) is 0 Å². The van der Waals surface area contributed by atoms with E-state index in [9.17, 15) is 9.59 Å². The second kappa shape index (κ2) is 8.57. The lowest BCUT2D eigenvalue weighted by Gasteiger charge is -2.10. The van der Waals surface area contributed by atoms with Crippen molar-refractivity contribution >= 4 is 55.7 Å². The maximum absolute atomic E-state index is 12.6. The summed E-state index contributed by atoms with van der Waals surface area (Å²) in [7, 11) is 0. The van der Waals surface area contributed by atoms with Crippen LogP contribution in [0, 0.1) is 13.8 Å². The Hall–Kier alpha value is -1.71. The van der Waals surface area contributed by atoms with E-state index in [2.05, 4.69) is 20.3 Å². The van der Waals surface area contributed by atoms with Crippen LogP contribution in [0.1, 0.15) is 53.0 Å². The Kier molecular flexibility index (Phi) is 6.08. The number of aromatic amines is 1. The summed E-state index contributed by atoms with van der Waals surface area (Å²) in [4.78, 5) is 40.2. The molecule has 3 aromatic rings. The first-order chi connectivity index (χ1) is 13.9. The molecule has 0 aliphatic heterocycles. The van der Waals surface area contributed by atoms with E-state index in [0.29, 0.717) is 22.1 Å². The van der Waals surface area contributed by atoms with Crippen LogP contribution < -0.4 is 10.9 Å². The van der Waals surface area contributed by atoms with E-state index < -0.39 is 0 Å². The van der Waals surface area contributed by atoms with Crippen molar-refractivity contribution in [1.29, 1.82) is 0 Å². The first-order valence-corrected chi connectivity index (χ1v) is 12.5. The predicted molar refractivity (Wildman–Crippen MR) is 122 cm³/mol. The zero-order valence-corrected chi connectivity index (χ0v) is 19.2. The van der Waals surface area contributed by atoms with Crippen LogP contribution in [0.4, 0.5) is 5.13 Å². The third-order valence-corrected chi connectivity index (χ3v) is 8.58. The van der Waals surface area contributed by atoms with E-state index in [4.69, 9.17) is 0 Å². The summed E-state index contributed by atoms with van der Waals surface area (Å²) in [6, 6.07) is 0. The number of nitrogens with zero attached hydrogens (tertiary/aromatic N) is 2. The molecular formula is C20H24N4O2S3. The monoisotopic (exact) mass is 448 g/mol. The van der Waals surface area contributed by atoms with Gasteiger partial charge in [-0.15, -0.1) is 34.4 Å². The summed E-state index contributed by atoms with van der Waals surface area (Å²) in [5.74, 6) is 1.02. The molecule has 0 saturated carbocycles. The molecule has 3 aromatic heterocycles. The normalized spacial score (nSPS) is 15.1. The Morgan fingerprint density at radius 3 is 2.83 bits per heavy atom. The lowest BCUT2D eigenvalue weighted by molar-refractivity contribution is -0.115. The highest BCUT2D eigenvalue weighted by atomic mass is 32.2. The van der Waals surface area contributed by atoms with Gasteiger partial charge in [-0.2, -0.15) is 0 Å². The number of hydrogen-bond donors (Lipinski definition) is 2. The van der Waals surface area contributed by atoms with Crippen molar-refractivity contribution in [2.24, 2.45) is 0 Å². The van der Waals surface area contributed by atoms with Gasteiger partial charge in [-0.1, -0.05) is 6.42 Å². The van der Waals surface area contributed by atoms with Crippen LogP contribution >= 0.6 is 34.4 Å². The molecule has 0 spiro atoms. The summed E-state index contributed by atoms with van der Waals surface area (Å²) in [6.07, 6.45) is 5.71. The fourth-order valence-corrected chi connectivity index (χ4v) is 6.29. The Morgan fingerprint density at radius 2 is 2.00 bits per heavy atom. The molecule has 29 heavy (non-hydrogen) atoms. The smallest absolute Gasteiger partial charge is 0.259 e. The summed E-state index contributed by atoms with van der Waals surface area (Å²) >= 11 is 4.60. The van der Waals surface area contributed by atoms with Crippen LogP contribution in [0.5, 0.6) is 0 Å². The molecule has 1 amide bonds. The standard InChI is InChI=1S/C20H24N4O2S3/c1-10-11(2)28-19-16(10)18(26)22-15(23-19)9-27-12(3)17(25)24-20-21-13-7-5-4-6-8-14(13)29-20/h12H,4-9H2,1-3H3,(H,21,24,25)(H,22,23,26)/t12-/m1/s1. The number of aryl methyl sites for hydroxylation is 4. The number of thiazole rings is 1. The molecule has 0 unspecified atom stereocenters. The predicted octanol–water partition coefficient (Wildman–Crippen LogP) is 4.59. The molecule has 0 radical (unpaired) electrons. The van der Waals surface area contributed by atoms with Crippen LogP contribution in [0.3, 0.4) is 0 Å². The molecule has 0 bridgehead atoms. The number of thioether (sulfide) groups is 1. The average Bonchev–Trinajstić information content (AvgIpc) is 3.10. The third kappa shape index (κ3) is 4.41. The van der Waals surface area contributed by atoms with Crippen LogP contribution in [0.2, 0.25) is 0 Å². The fraction of sp³-hybridized carbons (Fsp3) is 0.500. The molecule has 2 N–H and O–H groups in total. The van der Waals surface area contributed by atoms with Gasteiger partial charge >= 0.3 is 0 Å². The van der Waals surface area contributed by atoms with Crippen LogP contribution in [-0.4, -0.2) is 26.1 Å². The number of amides is 1. The third-order valence-electron chi connectivity index (χ3n) is 5.25. The molecule has 6 nitrogen and oxygen atoms in total. The molecule has 1 atom stereocenters. The zero-order chi connectivity index (χ0) is 20.5. The lowest BCUT2D eigenvalue weighted by atomic mass is 10.2. The molecule has 4 rings (SSSR count). The number of aromatic nitrogens is 3. The van der Waals surface area contributed by atoms with Gasteiger partial charge in [0.05, 0.1) is 22.1 Å². The summed E-state index contributed by atoms with van der Waals surface area (Å²) in [5, 5.41) is 4.07. The topological polar surface area (TPSA) is 87.7 Å². The summed E-state index contributed by atoms with van der Waals surface area (Å²) < 4.78 is 0. The number of thiophene rings is 1. The van der Waals surface area contributed by atoms with Crippen molar-refractivity contribution in [3.63, 3.8) is 0 Å². The van der Waals surface area contributed by atoms with Crippen LogP contribution in [0.25, 0.3) is 10.2 Å². The second-order valence-corrected chi connectivity index (χ2v) is 11.0. The van der Waals surface area contributed by atoms with Gasteiger partial charge in [0, 0.05) is 9.75 Å². The van der Waals surface area contributed by atoms with Crippen molar-refractivity contribution in [3.05, 3.63) is 37.2 Å². The van der Waals surface area contributed by atoms with Crippen molar-refractivity contribution in [2.45, 2.75) is 63.9 Å². The quantitative estimate of drug-likeness (QED) is 0.558. The highest BCUT2D eigenvalue weighted by Gasteiger charge is 2.19. The molecule has 1 aliphatic carbocycles. The van der Waals surface area contributed by atoms with Crippen LogP contribution in [-0.2, 0) is 23.4 Å². The highest BCUT2D eigenvalue weighted by Crippen LogP contribution is 2.30. The molecular weight excluding hydrogens is 424 g/mol. The van der Waals surface area contributed by atoms with Crippen molar-refractivity contribution in [2.75, 3.05) is 5.32 Å². The van der Waals surface area contributed by atoms with E-state index in [0.717, 1.165) is 33.8 Å². The molecule has 3 heterocycles. The van der Waals surface area contributed by atoms with Crippen molar-refractivity contribution in [1.82, 2.24) is 15.0 Å². The molecule has 0 aromatic carbocycles. The van der Waals surface area contributed by atoms with Gasteiger partial charge in [-0.3, -0.25) is 9.59 Å². The average molecular weight is 449 g/mol. The Bertz CT molecular complexity index is 1090. The maximum atomic E-state index is 12.6. The first-order valence-electron chi connectivity index (χ1n) is 9.82. The number of carbonyl (C=O) groups is 1. The van der Waals surface area contributed by atoms with E-state index in [1.807, 2.05) is 20.8 Å². The number of fused-ring (bicyclic) bond motifs is 2. The second-order valence-electron chi connectivity index (χ2n) is 7.37. The highest BCUT2D eigenvalue weighted by molar-refractivity contribution is 7.99. The van der Waals surface area contributed by atoms with Crippen LogP contribution in [0.15, 0.2) is 4.79 Å². The number of H-pyrrole nitrogens is 1. The minimum absolute atomic E-state index is 0.0647. The lowest BCUT2D eigenvalue weighted by Crippen LogP contribution is -2.23. The van der Waals surface area contributed by atoms with Gasteiger partial charge in [0.1, 0.15) is 10.7 Å². The van der Waals surface area contributed by atoms with E-state index in [-0.39, 0.29) is 16.7 Å². The number of carbonyl (C=O) groups excluding carboxylic acids is 1. The largest absolute Gasteiger partial charge is 0.309 e. The van der Waals surface area contributed by atoms with Crippen molar-refractivity contribution < 1.29 is 4.79 Å². The minimum Gasteiger partial charge on any atom is -0.309 e. The zero-order valence-electron chi connectivity index (χ0n) is 16.8. The number of anilines is 1. The molecule has 0 saturated heterocycles. The molecule has 1 aliphatic rings. The van der Waals surface area contributed by atoms with Gasteiger partial charge in [0.2, 0.25) is 5.91 Å². The van der Waals surface area contributed by atoms with Gasteiger partial charge in [0.15, 0.2) is 5.13 Å². The SMILES string of the molecule is Cc1sc2nc(CS[C@H](C)C(=O)Nc3nc4c(s3)CCCCC4)[nH]c(=O)c2c1C. The Labute approximate surface area is 181 Å². The summed E-state index contributed by atoms with van der Waals surface area (Å²) in [6.45, 7) is 5.82. The minimum atomic E-state index is -0.272. The Balaban J connectivity index is 1.39. The van der Waals surface area contributed by atoms with Gasteiger partial charge in [-0.25, -0.2) is 9.97 Å².